The third-order valence-corrected chi connectivity index (χ3v) is 4.67. The summed E-state index contributed by atoms with van der Waals surface area (Å²) in [5.74, 6) is 0.0405. The number of aliphatic hydroxyl groups excluding tert-OH is 1. The van der Waals surface area contributed by atoms with Gasteiger partial charge in [0.2, 0.25) is 5.91 Å². The van der Waals surface area contributed by atoms with E-state index < -0.39 is 9.84 Å². The highest BCUT2D eigenvalue weighted by atomic mass is 32.2. The molecule has 1 saturated heterocycles. The first-order chi connectivity index (χ1) is 8.43. The van der Waals surface area contributed by atoms with Crippen LogP contribution in [0.4, 0.5) is 0 Å². The molecule has 3 N–H and O–H groups in total. The topological polar surface area (TPSA) is 95.5 Å². The Balaban J connectivity index is 2.31. The molecular weight excluding hydrogens is 256 g/mol. The number of hydrogen-bond acceptors (Lipinski definition) is 5. The molecule has 1 aliphatic heterocycles. The molecule has 1 fully saturated rings. The second-order valence-electron chi connectivity index (χ2n) is 4.80. The quantitative estimate of drug-likeness (QED) is 0.581. The summed E-state index contributed by atoms with van der Waals surface area (Å²) in [6.45, 7) is 2.40. The summed E-state index contributed by atoms with van der Waals surface area (Å²) < 4.78 is 22.8. The first-order valence-corrected chi connectivity index (χ1v) is 8.09. The van der Waals surface area contributed by atoms with E-state index in [0.29, 0.717) is 13.0 Å². The van der Waals surface area contributed by atoms with E-state index in [4.69, 9.17) is 5.11 Å². The Morgan fingerprint density at radius 3 is 2.89 bits per heavy atom. The van der Waals surface area contributed by atoms with Crippen molar-refractivity contribution in [2.45, 2.75) is 38.3 Å². The van der Waals surface area contributed by atoms with Gasteiger partial charge < -0.3 is 15.7 Å². The zero-order valence-corrected chi connectivity index (χ0v) is 11.5. The number of rotatable bonds is 6. The van der Waals surface area contributed by atoms with Crippen molar-refractivity contribution in [3.05, 3.63) is 0 Å². The summed E-state index contributed by atoms with van der Waals surface area (Å²) in [6.07, 6.45) is 1.55. The molecule has 18 heavy (non-hydrogen) atoms. The maximum Gasteiger partial charge on any atom is 0.221 e. The third kappa shape index (κ3) is 5.79. The molecule has 1 aliphatic rings. The second-order valence-corrected chi connectivity index (χ2v) is 7.03. The van der Waals surface area contributed by atoms with Gasteiger partial charge in [0, 0.05) is 31.7 Å². The molecule has 1 amide bonds. The fourth-order valence-electron chi connectivity index (χ4n) is 2.03. The number of carbonyl (C=O) groups excluding carboxylic acids is 1. The van der Waals surface area contributed by atoms with E-state index in [1.165, 1.54) is 0 Å². The van der Waals surface area contributed by atoms with Gasteiger partial charge in [-0.3, -0.25) is 4.79 Å². The average Bonchev–Trinajstić information content (AvgIpc) is 2.24. The molecule has 7 heteroatoms. The van der Waals surface area contributed by atoms with Gasteiger partial charge >= 0.3 is 0 Å². The summed E-state index contributed by atoms with van der Waals surface area (Å²) >= 11 is 0. The number of nitrogens with one attached hydrogen (secondary N) is 2. The van der Waals surface area contributed by atoms with E-state index >= 15 is 0 Å². The summed E-state index contributed by atoms with van der Waals surface area (Å²) in [5, 5.41) is 14.5. The number of carbonyl (C=O) groups is 1. The van der Waals surface area contributed by atoms with Gasteiger partial charge in [-0.2, -0.15) is 0 Å². The maximum absolute atomic E-state index is 11.7. The smallest absolute Gasteiger partial charge is 0.221 e. The molecule has 0 aliphatic carbocycles. The summed E-state index contributed by atoms with van der Waals surface area (Å²) in [6, 6.07) is -0.279. The van der Waals surface area contributed by atoms with Crippen molar-refractivity contribution in [1.29, 1.82) is 0 Å². The molecule has 0 aromatic heterocycles. The van der Waals surface area contributed by atoms with Gasteiger partial charge in [0.1, 0.15) is 0 Å². The monoisotopic (exact) mass is 278 g/mol. The largest absolute Gasteiger partial charge is 0.396 e. The van der Waals surface area contributed by atoms with Gasteiger partial charge in [0.15, 0.2) is 9.84 Å². The summed E-state index contributed by atoms with van der Waals surface area (Å²) in [4.78, 5) is 11.7. The predicted molar refractivity (Wildman–Crippen MR) is 69.0 cm³/mol. The lowest BCUT2D eigenvalue weighted by Gasteiger charge is -2.24. The fourth-order valence-corrected chi connectivity index (χ4v) is 3.47. The van der Waals surface area contributed by atoms with Crippen molar-refractivity contribution in [3.8, 4) is 0 Å². The highest BCUT2D eigenvalue weighted by Gasteiger charge is 2.26. The molecule has 0 saturated carbocycles. The molecule has 0 radical (unpaired) electrons. The standard InChI is InChI=1S/C11H22N2O4S/c1-9(3-2-5-14)13-11(15)7-10-8-18(16,17)6-4-12-10/h9-10,12,14H,2-8H2,1H3,(H,13,15). The first-order valence-electron chi connectivity index (χ1n) is 6.27. The minimum Gasteiger partial charge on any atom is -0.396 e. The van der Waals surface area contributed by atoms with Crippen molar-refractivity contribution < 1.29 is 18.3 Å². The molecule has 0 aromatic carbocycles. The summed E-state index contributed by atoms with van der Waals surface area (Å²) in [7, 11) is -3.00. The third-order valence-electron chi connectivity index (χ3n) is 2.94. The Labute approximate surface area is 108 Å². The molecule has 1 rings (SSSR count). The Kier molecular flexibility index (Phi) is 6.04. The SMILES string of the molecule is CC(CCCO)NC(=O)CC1CS(=O)(=O)CCN1. The van der Waals surface area contributed by atoms with Crippen LogP contribution in [0, 0.1) is 0 Å². The van der Waals surface area contributed by atoms with Crippen LogP contribution in [0.3, 0.4) is 0 Å². The zero-order chi connectivity index (χ0) is 13.6. The lowest BCUT2D eigenvalue weighted by atomic mass is 10.1. The molecule has 2 atom stereocenters. The fraction of sp³-hybridized carbons (Fsp3) is 0.909. The van der Waals surface area contributed by atoms with Crippen molar-refractivity contribution in [1.82, 2.24) is 10.6 Å². The van der Waals surface area contributed by atoms with E-state index in [0.717, 1.165) is 6.42 Å². The van der Waals surface area contributed by atoms with E-state index in [1.807, 2.05) is 6.92 Å². The van der Waals surface area contributed by atoms with Crippen molar-refractivity contribution in [3.63, 3.8) is 0 Å². The van der Waals surface area contributed by atoms with Gasteiger partial charge in [0.05, 0.1) is 11.5 Å². The number of sulfone groups is 1. The normalized spacial score (nSPS) is 24.4. The van der Waals surface area contributed by atoms with Crippen LogP contribution >= 0.6 is 0 Å². The van der Waals surface area contributed by atoms with Gasteiger partial charge in [-0.05, 0) is 19.8 Å². The van der Waals surface area contributed by atoms with Crippen LogP contribution in [0.15, 0.2) is 0 Å². The van der Waals surface area contributed by atoms with Crippen molar-refractivity contribution >= 4 is 15.7 Å². The lowest BCUT2D eigenvalue weighted by molar-refractivity contribution is -0.122. The Bertz CT molecular complexity index is 369. The van der Waals surface area contributed by atoms with Crippen LogP contribution in [-0.2, 0) is 14.6 Å². The molecule has 1 heterocycles. The maximum atomic E-state index is 11.7. The highest BCUT2D eigenvalue weighted by Crippen LogP contribution is 2.05. The van der Waals surface area contributed by atoms with Crippen LogP contribution in [0.5, 0.6) is 0 Å². The second kappa shape index (κ2) is 7.06. The predicted octanol–water partition coefficient (Wildman–Crippen LogP) is -0.960. The van der Waals surface area contributed by atoms with Crippen LogP contribution in [0.25, 0.3) is 0 Å². The van der Waals surface area contributed by atoms with Crippen LogP contribution < -0.4 is 10.6 Å². The molecule has 2 unspecified atom stereocenters. The molecule has 6 nitrogen and oxygen atoms in total. The first kappa shape index (κ1) is 15.4. The average molecular weight is 278 g/mol. The Hall–Kier alpha value is -0.660. The molecule has 0 spiro atoms. The minimum absolute atomic E-state index is 0.00449. The van der Waals surface area contributed by atoms with E-state index in [2.05, 4.69) is 10.6 Å². The lowest BCUT2D eigenvalue weighted by Crippen LogP contribution is -2.48. The van der Waals surface area contributed by atoms with E-state index in [-0.39, 0.29) is 42.5 Å². The molecular formula is C11H22N2O4S. The van der Waals surface area contributed by atoms with Crippen LogP contribution in [0.1, 0.15) is 26.2 Å². The van der Waals surface area contributed by atoms with Crippen LogP contribution in [-0.4, -0.2) is 56.2 Å². The van der Waals surface area contributed by atoms with Crippen molar-refractivity contribution in [2.24, 2.45) is 0 Å². The number of amides is 1. The minimum atomic E-state index is -3.00. The van der Waals surface area contributed by atoms with E-state index in [9.17, 15) is 13.2 Å². The summed E-state index contributed by atoms with van der Waals surface area (Å²) in [5.41, 5.74) is 0. The number of hydrogen-bond donors (Lipinski definition) is 3. The van der Waals surface area contributed by atoms with E-state index in [1.54, 1.807) is 0 Å². The van der Waals surface area contributed by atoms with Gasteiger partial charge in [-0.15, -0.1) is 0 Å². The van der Waals surface area contributed by atoms with Gasteiger partial charge in [0.25, 0.3) is 0 Å². The zero-order valence-electron chi connectivity index (χ0n) is 10.7. The van der Waals surface area contributed by atoms with Gasteiger partial charge in [-0.25, -0.2) is 8.42 Å². The highest BCUT2D eigenvalue weighted by molar-refractivity contribution is 7.91. The van der Waals surface area contributed by atoms with Crippen molar-refractivity contribution in [2.75, 3.05) is 24.7 Å². The Morgan fingerprint density at radius 1 is 1.56 bits per heavy atom. The van der Waals surface area contributed by atoms with Gasteiger partial charge in [-0.1, -0.05) is 0 Å². The molecule has 0 bridgehead atoms. The molecule has 0 aromatic rings. The Morgan fingerprint density at radius 2 is 2.28 bits per heavy atom. The molecule has 106 valence electrons. The van der Waals surface area contributed by atoms with Crippen LogP contribution in [0.2, 0.25) is 0 Å². The number of aliphatic hydroxyl groups is 1.